The van der Waals surface area contributed by atoms with Crippen LogP contribution in [0.2, 0.25) is 5.02 Å². The molecule has 8 heteroatoms. The van der Waals surface area contributed by atoms with Gasteiger partial charge in [0.15, 0.2) is 0 Å². The Morgan fingerprint density at radius 2 is 2.00 bits per heavy atom. The average Bonchev–Trinajstić information content (AvgIpc) is 3.11. The SMILES string of the molecule is C=C1Nc2ncnn2[C@H](c2ccccn2)[C@@H]1C(=O)Nc1ccc(Cl)cc1. The Hall–Kier alpha value is -3.19. The summed E-state index contributed by atoms with van der Waals surface area (Å²) in [6.45, 7) is 4.02. The Morgan fingerprint density at radius 3 is 2.73 bits per heavy atom. The van der Waals surface area contributed by atoms with Crippen molar-refractivity contribution >= 4 is 29.1 Å². The lowest BCUT2D eigenvalue weighted by atomic mass is 9.91. The number of anilines is 2. The van der Waals surface area contributed by atoms with E-state index in [1.807, 2.05) is 18.2 Å². The Balaban J connectivity index is 1.71. The third-order valence-corrected chi connectivity index (χ3v) is 4.44. The fraction of sp³-hybridized carbons (Fsp3) is 0.111. The van der Waals surface area contributed by atoms with Crippen LogP contribution in [0.4, 0.5) is 11.6 Å². The van der Waals surface area contributed by atoms with Gasteiger partial charge in [0.05, 0.1) is 5.69 Å². The maximum absolute atomic E-state index is 13.0. The zero-order valence-electron chi connectivity index (χ0n) is 13.6. The minimum absolute atomic E-state index is 0.221. The Bertz CT molecular complexity index is 953. The van der Waals surface area contributed by atoms with Crippen molar-refractivity contribution in [3.05, 3.63) is 78.0 Å². The summed E-state index contributed by atoms with van der Waals surface area (Å²) in [5.41, 5.74) is 1.89. The fourth-order valence-corrected chi connectivity index (χ4v) is 3.12. The van der Waals surface area contributed by atoms with E-state index in [1.54, 1.807) is 35.1 Å². The third kappa shape index (κ3) is 2.93. The molecule has 0 unspecified atom stereocenters. The van der Waals surface area contributed by atoms with Crippen molar-refractivity contribution in [1.82, 2.24) is 19.7 Å². The molecule has 1 aliphatic heterocycles. The number of carbonyl (C=O) groups is 1. The fourth-order valence-electron chi connectivity index (χ4n) is 3.00. The number of pyridine rings is 1. The molecule has 0 saturated carbocycles. The lowest BCUT2D eigenvalue weighted by Gasteiger charge is -2.33. The summed E-state index contributed by atoms with van der Waals surface area (Å²) in [7, 11) is 0. The zero-order chi connectivity index (χ0) is 18.1. The second-order valence-electron chi connectivity index (χ2n) is 5.85. The maximum atomic E-state index is 13.0. The van der Waals surface area contributed by atoms with Gasteiger partial charge in [-0.15, -0.1) is 0 Å². The highest BCUT2D eigenvalue weighted by Gasteiger charge is 2.40. The molecular formula is C18H15ClN6O. The molecule has 0 fully saturated rings. The van der Waals surface area contributed by atoms with Gasteiger partial charge in [0.1, 0.15) is 18.3 Å². The standard InChI is InChI=1S/C18H15ClN6O/c1-11-15(17(26)24-13-7-5-12(19)6-8-13)16(14-4-2-3-9-20-14)25-18(23-11)21-10-22-25/h2-10,15-16H,1H2,(H,24,26)(H,21,22,23)/t15-,16-/m1/s1. The number of carbonyl (C=O) groups excluding carboxylic acids is 1. The highest BCUT2D eigenvalue weighted by molar-refractivity contribution is 6.30. The van der Waals surface area contributed by atoms with Gasteiger partial charge in [-0.05, 0) is 36.4 Å². The summed E-state index contributed by atoms with van der Waals surface area (Å²) in [6, 6.07) is 12.0. The normalized spacial score (nSPS) is 18.7. The average molecular weight is 367 g/mol. The highest BCUT2D eigenvalue weighted by Crippen LogP contribution is 2.36. The minimum Gasteiger partial charge on any atom is -0.328 e. The van der Waals surface area contributed by atoms with Crippen LogP contribution in [0, 0.1) is 5.92 Å². The molecule has 2 aromatic heterocycles. The van der Waals surface area contributed by atoms with Crippen LogP contribution in [-0.2, 0) is 4.79 Å². The van der Waals surface area contributed by atoms with Crippen molar-refractivity contribution < 1.29 is 4.79 Å². The van der Waals surface area contributed by atoms with Crippen LogP contribution in [-0.4, -0.2) is 25.7 Å². The predicted molar refractivity (Wildman–Crippen MR) is 98.7 cm³/mol. The Kier molecular flexibility index (Phi) is 4.14. The van der Waals surface area contributed by atoms with Gasteiger partial charge in [0.2, 0.25) is 11.9 Å². The first kappa shape index (κ1) is 16.3. The molecule has 0 bridgehead atoms. The number of hydrogen-bond acceptors (Lipinski definition) is 5. The smallest absolute Gasteiger partial charge is 0.236 e. The molecular weight excluding hydrogens is 352 g/mol. The number of halogens is 1. The molecule has 1 amide bonds. The van der Waals surface area contributed by atoms with Crippen molar-refractivity contribution in [3.63, 3.8) is 0 Å². The molecule has 130 valence electrons. The third-order valence-electron chi connectivity index (χ3n) is 4.19. The van der Waals surface area contributed by atoms with Crippen molar-refractivity contribution in [2.75, 3.05) is 10.6 Å². The molecule has 0 radical (unpaired) electrons. The van der Waals surface area contributed by atoms with E-state index in [-0.39, 0.29) is 5.91 Å². The van der Waals surface area contributed by atoms with Crippen molar-refractivity contribution in [3.8, 4) is 0 Å². The molecule has 2 N–H and O–H groups in total. The van der Waals surface area contributed by atoms with E-state index >= 15 is 0 Å². The van der Waals surface area contributed by atoms with Gasteiger partial charge in [-0.25, -0.2) is 4.68 Å². The number of amides is 1. The van der Waals surface area contributed by atoms with E-state index in [1.165, 1.54) is 6.33 Å². The summed E-state index contributed by atoms with van der Waals surface area (Å²) in [6.07, 6.45) is 3.12. The molecule has 0 spiro atoms. The molecule has 0 aliphatic carbocycles. The van der Waals surface area contributed by atoms with Gasteiger partial charge < -0.3 is 10.6 Å². The Labute approximate surface area is 154 Å². The van der Waals surface area contributed by atoms with Gasteiger partial charge in [0.25, 0.3) is 0 Å². The van der Waals surface area contributed by atoms with Crippen LogP contribution in [0.5, 0.6) is 0 Å². The minimum atomic E-state index is -0.616. The lowest BCUT2D eigenvalue weighted by molar-refractivity contribution is -0.119. The zero-order valence-corrected chi connectivity index (χ0v) is 14.4. The molecule has 2 atom stereocenters. The number of hydrogen-bond donors (Lipinski definition) is 2. The first-order valence-corrected chi connectivity index (χ1v) is 8.34. The molecule has 4 rings (SSSR count). The highest BCUT2D eigenvalue weighted by atomic mass is 35.5. The number of rotatable bonds is 3. The van der Waals surface area contributed by atoms with E-state index in [4.69, 9.17) is 11.6 Å². The molecule has 7 nitrogen and oxygen atoms in total. The van der Waals surface area contributed by atoms with Crippen LogP contribution in [0.1, 0.15) is 11.7 Å². The molecule has 26 heavy (non-hydrogen) atoms. The first-order valence-electron chi connectivity index (χ1n) is 7.96. The van der Waals surface area contributed by atoms with Gasteiger partial charge in [0, 0.05) is 22.6 Å². The molecule has 3 heterocycles. The quantitative estimate of drug-likeness (QED) is 0.744. The number of aromatic nitrogens is 4. The topological polar surface area (TPSA) is 84.7 Å². The van der Waals surface area contributed by atoms with E-state index in [0.717, 1.165) is 0 Å². The van der Waals surface area contributed by atoms with E-state index in [9.17, 15) is 4.79 Å². The molecule has 1 aliphatic rings. The number of benzene rings is 1. The predicted octanol–water partition coefficient (Wildman–Crippen LogP) is 3.11. The summed E-state index contributed by atoms with van der Waals surface area (Å²) < 4.78 is 1.66. The van der Waals surface area contributed by atoms with Gasteiger partial charge in [-0.1, -0.05) is 24.2 Å². The molecule has 0 saturated heterocycles. The van der Waals surface area contributed by atoms with E-state index < -0.39 is 12.0 Å². The monoisotopic (exact) mass is 366 g/mol. The van der Waals surface area contributed by atoms with Crippen molar-refractivity contribution in [1.29, 1.82) is 0 Å². The first-order chi connectivity index (χ1) is 12.6. The summed E-state index contributed by atoms with van der Waals surface area (Å²) in [5.74, 6) is -0.308. The van der Waals surface area contributed by atoms with E-state index in [2.05, 4.69) is 32.3 Å². The maximum Gasteiger partial charge on any atom is 0.236 e. The molecule has 1 aromatic carbocycles. The van der Waals surface area contributed by atoms with Gasteiger partial charge in [-0.3, -0.25) is 9.78 Å². The summed E-state index contributed by atoms with van der Waals surface area (Å²) in [4.78, 5) is 21.6. The Morgan fingerprint density at radius 1 is 1.19 bits per heavy atom. The summed E-state index contributed by atoms with van der Waals surface area (Å²) >= 11 is 5.90. The van der Waals surface area contributed by atoms with Crippen LogP contribution in [0.3, 0.4) is 0 Å². The van der Waals surface area contributed by atoms with Crippen molar-refractivity contribution in [2.45, 2.75) is 6.04 Å². The second kappa shape index (κ2) is 6.61. The summed E-state index contributed by atoms with van der Waals surface area (Å²) in [5, 5.41) is 10.8. The second-order valence-corrected chi connectivity index (χ2v) is 6.29. The molecule has 3 aromatic rings. The largest absolute Gasteiger partial charge is 0.328 e. The number of nitrogens with zero attached hydrogens (tertiary/aromatic N) is 4. The van der Waals surface area contributed by atoms with Gasteiger partial charge in [-0.2, -0.15) is 10.1 Å². The lowest BCUT2D eigenvalue weighted by Crippen LogP contribution is -2.39. The van der Waals surface area contributed by atoms with Crippen molar-refractivity contribution in [2.24, 2.45) is 5.92 Å². The number of nitrogens with one attached hydrogen (secondary N) is 2. The van der Waals surface area contributed by atoms with E-state index in [0.29, 0.717) is 28.0 Å². The van der Waals surface area contributed by atoms with Crippen LogP contribution < -0.4 is 10.6 Å². The van der Waals surface area contributed by atoms with Crippen LogP contribution in [0.15, 0.2) is 67.3 Å². The van der Waals surface area contributed by atoms with Crippen LogP contribution in [0.25, 0.3) is 0 Å². The van der Waals surface area contributed by atoms with Gasteiger partial charge >= 0.3 is 0 Å². The van der Waals surface area contributed by atoms with Crippen LogP contribution >= 0.6 is 11.6 Å². The number of fused-ring (bicyclic) bond motifs is 1.